The molecule has 0 aliphatic heterocycles. The summed E-state index contributed by atoms with van der Waals surface area (Å²) in [5, 5.41) is 11.4. The van der Waals surface area contributed by atoms with Crippen LogP contribution in [-0.4, -0.2) is 42.4 Å². The van der Waals surface area contributed by atoms with Gasteiger partial charge >= 0.3 is 0 Å². The van der Waals surface area contributed by atoms with Crippen LogP contribution in [-0.2, 0) is 4.74 Å². The van der Waals surface area contributed by atoms with Crippen molar-refractivity contribution in [1.82, 2.24) is 10.3 Å². The van der Waals surface area contributed by atoms with E-state index in [0.29, 0.717) is 31.7 Å². The maximum atomic E-state index is 11.6. The number of pyridine rings is 1. The molecule has 0 aromatic carbocycles. The Hall–Kier alpha value is -1.17. The highest BCUT2D eigenvalue weighted by Gasteiger charge is 2.09. The van der Waals surface area contributed by atoms with E-state index >= 15 is 0 Å². The zero-order valence-electron chi connectivity index (χ0n) is 9.36. The molecule has 1 aromatic rings. The first-order valence-corrected chi connectivity index (χ1v) is 5.71. The Morgan fingerprint density at radius 1 is 1.53 bits per heavy atom. The molecular weight excluding hydrogens is 244 g/mol. The highest BCUT2D eigenvalue weighted by atomic mass is 35.5. The minimum atomic E-state index is -0.245. The van der Waals surface area contributed by atoms with Gasteiger partial charge in [0.05, 0.1) is 18.8 Å². The first-order valence-electron chi connectivity index (χ1n) is 5.33. The SMILES string of the molecule is O=C(NCCCOCCO)c1cccnc1Cl. The third-order valence-electron chi connectivity index (χ3n) is 1.99. The van der Waals surface area contributed by atoms with Gasteiger partial charge in [0.25, 0.3) is 5.91 Å². The fraction of sp³-hybridized carbons (Fsp3) is 0.455. The molecule has 0 radical (unpaired) electrons. The third-order valence-corrected chi connectivity index (χ3v) is 2.29. The standard InChI is InChI=1S/C11H15ClN2O3/c12-10-9(3-1-4-13-10)11(16)14-5-2-7-17-8-6-15/h1,3-4,15H,2,5-8H2,(H,14,16). The summed E-state index contributed by atoms with van der Waals surface area (Å²) in [4.78, 5) is 15.5. The van der Waals surface area contributed by atoms with E-state index in [0.717, 1.165) is 0 Å². The van der Waals surface area contributed by atoms with Crippen molar-refractivity contribution >= 4 is 17.5 Å². The molecule has 6 heteroatoms. The average Bonchev–Trinajstić information content (AvgIpc) is 2.34. The Morgan fingerprint density at radius 3 is 3.06 bits per heavy atom. The Bertz CT molecular complexity index is 360. The molecule has 1 heterocycles. The molecule has 0 atom stereocenters. The summed E-state index contributed by atoms with van der Waals surface area (Å²) in [6.45, 7) is 1.33. The van der Waals surface area contributed by atoms with E-state index < -0.39 is 0 Å². The number of hydrogen-bond acceptors (Lipinski definition) is 4. The summed E-state index contributed by atoms with van der Waals surface area (Å²) in [6, 6.07) is 3.28. The van der Waals surface area contributed by atoms with Crippen LogP contribution < -0.4 is 5.32 Å². The van der Waals surface area contributed by atoms with Crippen LogP contribution in [0.1, 0.15) is 16.8 Å². The Morgan fingerprint density at radius 2 is 2.35 bits per heavy atom. The number of carbonyl (C=O) groups excluding carboxylic acids is 1. The van der Waals surface area contributed by atoms with Crippen LogP contribution in [0.4, 0.5) is 0 Å². The molecule has 5 nitrogen and oxygen atoms in total. The number of nitrogens with zero attached hydrogens (tertiary/aromatic N) is 1. The fourth-order valence-electron chi connectivity index (χ4n) is 1.19. The van der Waals surface area contributed by atoms with Gasteiger partial charge in [-0.2, -0.15) is 0 Å². The Balaban J connectivity index is 2.24. The third kappa shape index (κ3) is 5.12. The van der Waals surface area contributed by atoms with Crippen molar-refractivity contribution in [3.8, 4) is 0 Å². The van der Waals surface area contributed by atoms with Crippen molar-refractivity contribution in [2.75, 3.05) is 26.4 Å². The summed E-state index contributed by atoms with van der Waals surface area (Å²) in [6.07, 6.45) is 2.21. The van der Waals surface area contributed by atoms with Crippen LogP contribution in [0.15, 0.2) is 18.3 Å². The molecule has 17 heavy (non-hydrogen) atoms. The Labute approximate surface area is 105 Å². The van der Waals surface area contributed by atoms with Crippen LogP contribution in [0.3, 0.4) is 0 Å². The zero-order valence-corrected chi connectivity index (χ0v) is 10.1. The van der Waals surface area contributed by atoms with Crippen molar-refractivity contribution in [2.45, 2.75) is 6.42 Å². The molecule has 0 bridgehead atoms. The second-order valence-electron chi connectivity index (χ2n) is 3.29. The summed E-state index contributed by atoms with van der Waals surface area (Å²) in [5.74, 6) is -0.245. The highest BCUT2D eigenvalue weighted by Crippen LogP contribution is 2.10. The minimum Gasteiger partial charge on any atom is -0.394 e. The van der Waals surface area contributed by atoms with Crippen LogP contribution >= 0.6 is 11.6 Å². The number of ether oxygens (including phenoxy) is 1. The first-order chi connectivity index (χ1) is 8.25. The molecule has 0 aliphatic rings. The topological polar surface area (TPSA) is 71.5 Å². The normalized spacial score (nSPS) is 10.2. The van der Waals surface area contributed by atoms with E-state index in [4.69, 9.17) is 21.4 Å². The van der Waals surface area contributed by atoms with Gasteiger partial charge < -0.3 is 15.2 Å². The van der Waals surface area contributed by atoms with E-state index in [1.807, 2.05) is 0 Å². The number of carbonyl (C=O) groups is 1. The van der Waals surface area contributed by atoms with Gasteiger partial charge in [-0.25, -0.2) is 4.98 Å². The molecule has 94 valence electrons. The molecule has 0 saturated heterocycles. The highest BCUT2D eigenvalue weighted by molar-refractivity contribution is 6.32. The molecule has 0 saturated carbocycles. The lowest BCUT2D eigenvalue weighted by Gasteiger charge is -2.06. The van der Waals surface area contributed by atoms with Gasteiger partial charge in [0.15, 0.2) is 0 Å². The number of hydrogen-bond donors (Lipinski definition) is 2. The maximum absolute atomic E-state index is 11.6. The number of rotatable bonds is 7. The molecule has 1 aromatic heterocycles. The van der Waals surface area contributed by atoms with E-state index in [-0.39, 0.29) is 17.7 Å². The van der Waals surface area contributed by atoms with Crippen LogP contribution in [0, 0.1) is 0 Å². The van der Waals surface area contributed by atoms with Crippen molar-refractivity contribution in [1.29, 1.82) is 0 Å². The van der Waals surface area contributed by atoms with Crippen LogP contribution in [0.5, 0.6) is 0 Å². The molecule has 0 unspecified atom stereocenters. The Kier molecular flexibility index (Phi) is 6.54. The molecule has 0 aliphatic carbocycles. The predicted molar refractivity (Wildman–Crippen MR) is 64.1 cm³/mol. The summed E-state index contributed by atoms with van der Waals surface area (Å²) in [5.41, 5.74) is 0.366. The van der Waals surface area contributed by atoms with Crippen LogP contribution in [0.2, 0.25) is 5.15 Å². The molecule has 0 fully saturated rings. The summed E-state index contributed by atoms with van der Waals surface area (Å²) < 4.78 is 5.05. The van der Waals surface area contributed by atoms with E-state index in [1.165, 1.54) is 6.20 Å². The number of halogens is 1. The second-order valence-corrected chi connectivity index (χ2v) is 3.65. The monoisotopic (exact) mass is 258 g/mol. The number of aliphatic hydroxyl groups is 1. The maximum Gasteiger partial charge on any atom is 0.254 e. The van der Waals surface area contributed by atoms with Crippen LogP contribution in [0.25, 0.3) is 0 Å². The number of aromatic nitrogens is 1. The van der Waals surface area contributed by atoms with Gasteiger partial charge in [-0.15, -0.1) is 0 Å². The number of amides is 1. The smallest absolute Gasteiger partial charge is 0.254 e. The average molecular weight is 259 g/mol. The number of nitrogens with one attached hydrogen (secondary N) is 1. The molecule has 0 spiro atoms. The summed E-state index contributed by atoms with van der Waals surface area (Å²) in [7, 11) is 0. The lowest BCUT2D eigenvalue weighted by molar-refractivity contribution is 0.0867. The first kappa shape index (κ1) is 13.9. The lowest BCUT2D eigenvalue weighted by Crippen LogP contribution is -2.25. The predicted octanol–water partition coefficient (Wildman–Crippen LogP) is 0.864. The van der Waals surface area contributed by atoms with Gasteiger partial charge in [0.2, 0.25) is 0 Å². The van der Waals surface area contributed by atoms with Crippen molar-refractivity contribution < 1.29 is 14.6 Å². The van der Waals surface area contributed by atoms with Crippen molar-refractivity contribution in [3.63, 3.8) is 0 Å². The fourth-order valence-corrected chi connectivity index (χ4v) is 1.40. The quantitative estimate of drug-likeness (QED) is 0.562. The number of aliphatic hydroxyl groups excluding tert-OH is 1. The largest absolute Gasteiger partial charge is 0.394 e. The van der Waals surface area contributed by atoms with Gasteiger partial charge in [0.1, 0.15) is 5.15 Å². The molecule has 1 amide bonds. The van der Waals surface area contributed by atoms with Gasteiger partial charge in [-0.05, 0) is 18.6 Å². The van der Waals surface area contributed by atoms with Gasteiger partial charge in [-0.1, -0.05) is 11.6 Å². The van der Waals surface area contributed by atoms with E-state index in [9.17, 15) is 4.79 Å². The summed E-state index contributed by atoms with van der Waals surface area (Å²) >= 11 is 5.78. The second kappa shape index (κ2) is 8.00. The van der Waals surface area contributed by atoms with Crippen molar-refractivity contribution in [3.05, 3.63) is 29.0 Å². The van der Waals surface area contributed by atoms with Gasteiger partial charge in [-0.3, -0.25) is 4.79 Å². The van der Waals surface area contributed by atoms with E-state index in [1.54, 1.807) is 12.1 Å². The van der Waals surface area contributed by atoms with Crippen molar-refractivity contribution in [2.24, 2.45) is 0 Å². The van der Waals surface area contributed by atoms with Gasteiger partial charge in [0, 0.05) is 19.3 Å². The molecular formula is C11H15ClN2O3. The zero-order chi connectivity index (χ0) is 12.5. The minimum absolute atomic E-state index is 0.0116. The van der Waals surface area contributed by atoms with E-state index in [2.05, 4.69) is 10.3 Å². The molecule has 2 N–H and O–H groups in total. The lowest BCUT2D eigenvalue weighted by atomic mass is 10.2. The molecule has 1 rings (SSSR count).